The minimum absolute atomic E-state index is 0.135. The molecule has 0 aromatic heterocycles. The summed E-state index contributed by atoms with van der Waals surface area (Å²) in [7, 11) is 0.877. The Morgan fingerprint density at radius 1 is 1.50 bits per heavy atom. The predicted molar refractivity (Wildman–Crippen MR) is 51.1 cm³/mol. The molecule has 0 aliphatic carbocycles. The third kappa shape index (κ3) is 7.24. The van der Waals surface area contributed by atoms with E-state index >= 15 is 0 Å². The molecular weight excluding hydrogens is 227 g/mol. The molecule has 1 atom stereocenters. The minimum atomic E-state index is -4.53. The molecule has 16 heavy (non-hydrogen) atoms. The van der Waals surface area contributed by atoms with Crippen LogP contribution in [0.15, 0.2) is 12.2 Å². The fourth-order valence-electron chi connectivity index (χ4n) is 0.913. The fraction of sp³-hybridized carbons (Fsp3) is 0.667. The van der Waals surface area contributed by atoms with Crippen molar-refractivity contribution >= 4 is 5.97 Å². The molecule has 4 nitrogen and oxygen atoms in total. The van der Waals surface area contributed by atoms with Crippen LogP contribution in [0.2, 0.25) is 0 Å². The topological polar surface area (TPSA) is 49.4 Å². The second-order valence-electron chi connectivity index (χ2n) is 3.71. The number of hydrogen-bond donors (Lipinski definition) is 0. The molecule has 0 amide bonds. The van der Waals surface area contributed by atoms with Gasteiger partial charge >= 0.3 is 12.1 Å². The third-order valence-electron chi connectivity index (χ3n) is 1.66. The number of carbonyl (C=O) groups is 1. The lowest BCUT2D eigenvalue weighted by Crippen LogP contribution is -2.47. The van der Waals surface area contributed by atoms with Gasteiger partial charge in [0.1, 0.15) is 13.2 Å². The molecule has 94 valence electrons. The van der Waals surface area contributed by atoms with Crippen LogP contribution in [0.5, 0.6) is 0 Å². The van der Waals surface area contributed by atoms with Crippen molar-refractivity contribution in [3.63, 3.8) is 0 Å². The standard InChI is InChI=1S/C9H14F3NO3/c1-7(2)8(14)16-5-4-13(3,15)6-9(10,11)12/h1,4-6H2,2-3H3. The molecule has 0 saturated carbocycles. The van der Waals surface area contributed by atoms with E-state index in [2.05, 4.69) is 11.3 Å². The first-order valence-corrected chi connectivity index (χ1v) is 4.48. The Bertz CT molecular complexity index is 274. The summed E-state index contributed by atoms with van der Waals surface area (Å²) in [6.45, 7) is 2.39. The van der Waals surface area contributed by atoms with Crippen molar-refractivity contribution in [3.05, 3.63) is 17.4 Å². The number of hydrogen-bond acceptors (Lipinski definition) is 3. The number of nitrogens with zero attached hydrogens (tertiary/aromatic N) is 1. The van der Waals surface area contributed by atoms with Gasteiger partial charge < -0.3 is 14.6 Å². The van der Waals surface area contributed by atoms with Crippen LogP contribution in [0, 0.1) is 5.21 Å². The van der Waals surface area contributed by atoms with Gasteiger partial charge in [-0.1, -0.05) is 6.58 Å². The molecule has 7 heteroatoms. The number of carbonyl (C=O) groups excluding carboxylic acids is 1. The largest absolute Gasteiger partial charge is 0.633 e. The van der Waals surface area contributed by atoms with E-state index in [9.17, 15) is 23.2 Å². The second kappa shape index (κ2) is 5.31. The van der Waals surface area contributed by atoms with Gasteiger partial charge in [0.25, 0.3) is 0 Å². The molecule has 0 aromatic rings. The number of quaternary nitrogens is 1. The van der Waals surface area contributed by atoms with E-state index in [-0.39, 0.29) is 12.2 Å². The Morgan fingerprint density at radius 2 is 2.00 bits per heavy atom. The van der Waals surface area contributed by atoms with Crippen molar-refractivity contribution in [1.29, 1.82) is 0 Å². The molecule has 1 unspecified atom stereocenters. The number of rotatable bonds is 5. The number of ether oxygens (including phenoxy) is 1. The maximum Gasteiger partial charge on any atom is 0.438 e. The van der Waals surface area contributed by atoms with Crippen LogP contribution in [0.25, 0.3) is 0 Å². The van der Waals surface area contributed by atoms with Gasteiger partial charge in [-0.2, -0.15) is 13.2 Å². The van der Waals surface area contributed by atoms with E-state index in [0.29, 0.717) is 0 Å². The van der Waals surface area contributed by atoms with E-state index in [4.69, 9.17) is 0 Å². The SMILES string of the molecule is C=C(C)C(=O)OCC[N+](C)([O-])CC(F)(F)F. The molecular formula is C9H14F3NO3. The van der Waals surface area contributed by atoms with Crippen LogP contribution in [0.1, 0.15) is 6.92 Å². The highest BCUT2D eigenvalue weighted by Gasteiger charge is 2.35. The maximum absolute atomic E-state index is 11.9. The molecule has 0 bridgehead atoms. The highest BCUT2D eigenvalue weighted by Crippen LogP contribution is 2.19. The number of alkyl halides is 3. The smallest absolute Gasteiger partial charge is 0.438 e. The van der Waals surface area contributed by atoms with Gasteiger partial charge in [0.05, 0.1) is 7.05 Å². The zero-order valence-corrected chi connectivity index (χ0v) is 9.13. The van der Waals surface area contributed by atoms with Gasteiger partial charge in [0.15, 0.2) is 6.54 Å². The molecule has 0 saturated heterocycles. The van der Waals surface area contributed by atoms with Gasteiger partial charge in [-0.15, -0.1) is 0 Å². The molecule has 0 spiro atoms. The summed E-state index contributed by atoms with van der Waals surface area (Å²) < 4.78 is 38.8. The summed E-state index contributed by atoms with van der Waals surface area (Å²) in [5.41, 5.74) is 0.135. The first-order valence-electron chi connectivity index (χ1n) is 4.48. The summed E-state index contributed by atoms with van der Waals surface area (Å²) in [6.07, 6.45) is -4.53. The van der Waals surface area contributed by atoms with Gasteiger partial charge in [0, 0.05) is 5.57 Å². The van der Waals surface area contributed by atoms with Crippen molar-refractivity contribution in [1.82, 2.24) is 0 Å². The summed E-state index contributed by atoms with van der Waals surface area (Å²) >= 11 is 0. The monoisotopic (exact) mass is 241 g/mol. The first-order chi connectivity index (χ1) is 7.03. The molecule has 0 aliphatic rings. The van der Waals surface area contributed by atoms with Crippen LogP contribution < -0.4 is 0 Å². The Labute approximate surface area is 91.5 Å². The van der Waals surface area contributed by atoms with E-state index in [1.165, 1.54) is 6.92 Å². The molecule has 0 aliphatic heterocycles. The Morgan fingerprint density at radius 3 is 2.38 bits per heavy atom. The first kappa shape index (κ1) is 14.9. The predicted octanol–water partition coefficient (Wildman–Crippen LogP) is 1.61. The van der Waals surface area contributed by atoms with Crippen LogP contribution in [0.3, 0.4) is 0 Å². The Balaban J connectivity index is 4.01. The van der Waals surface area contributed by atoms with Crippen LogP contribution in [0.4, 0.5) is 13.2 Å². The van der Waals surface area contributed by atoms with Crippen LogP contribution in [-0.2, 0) is 9.53 Å². The van der Waals surface area contributed by atoms with Crippen LogP contribution in [-0.4, -0.2) is 43.5 Å². The highest BCUT2D eigenvalue weighted by atomic mass is 19.4. The molecule has 0 N–H and O–H groups in total. The van der Waals surface area contributed by atoms with Crippen molar-refractivity contribution < 1.29 is 27.3 Å². The van der Waals surface area contributed by atoms with Crippen LogP contribution >= 0.6 is 0 Å². The summed E-state index contributed by atoms with van der Waals surface area (Å²) in [5, 5.41) is 11.3. The lowest BCUT2D eigenvalue weighted by atomic mass is 10.4. The van der Waals surface area contributed by atoms with Crippen molar-refractivity contribution in [2.24, 2.45) is 0 Å². The summed E-state index contributed by atoms with van der Waals surface area (Å²) in [5.74, 6) is -0.716. The zero-order chi connectivity index (χ0) is 13.0. The maximum atomic E-state index is 11.9. The van der Waals surface area contributed by atoms with Gasteiger partial charge in [-0.05, 0) is 6.92 Å². The third-order valence-corrected chi connectivity index (χ3v) is 1.66. The van der Waals surface area contributed by atoms with Crippen molar-refractivity contribution in [3.8, 4) is 0 Å². The van der Waals surface area contributed by atoms with Crippen molar-refractivity contribution in [2.75, 3.05) is 26.7 Å². The molecule has 0 aromatic carbocycles. The van der Waals surface area contributed by atoms with Gasteiger partial charge in [-0.25, -0.2) is 4.79 Å². The summed E-state index contributed by atoms with van der Waals surface area (Å²) in [4.78, 5) is 10.9. The number of hydroxylamine groups is 3. The zero-order valence-electron chi connectivity index (χ0n) is 9.13. The van der Waals surface area contributed by atoms with Gasteiger partial charge in [0.2, 0.25) is 0 Å². The van der Waals surface area contributed by atoms with E-state index in [1.54, 1.807) is 0 Å². The van der Waals surface area contributed by atoms with E-state index in [0.717, 1.165) is 7.05 Å². The molecule has 0 radical (unpaired) electrons. The van der Waals surface area contributed by atoms with E-state index < -0.39 is 29.9 Å². The Hall–Kier alpha value is -1.08. The molecule has 0 fully saturated rings. The van der Waals surface area contributed by atoms with E-state index in [1.807, 2.05) is 0 Å². The highest BCUT2D eigenvalue weighted by molar-refractivity contribution is 5.86. The lowest BCUT2D eigenvalue weighted by molar-refractivity contribution is -0.871. The lowest BCUT2D eigenvalue weighted by Gasteiger charge is -2.38. The van der Waals surface area contributed by atoms with Crippen molar-refractivity contribution in [2.45, 2.75) is 13.1 Å². The fourth-order valence-corrected chi connectivity index (χ4v) is 0.913. The average molecular weight is 241 g/mol. The molecule has 0 rings (SSSR count). The average Bonchev–Trinajstić information content (AvgIpc) is 1.98. The molecule has 0 heterocycles. The number of likely N-dealkylation sites (N-methyl/N-ethyl adjacent to an activating group) is 1. The number of halogens is 3. The summed E-state index contributed by atoms with van der Waals surface area (Å²) in [6, 6.07) is 0. The quantitative estimate of drug-likeness (QED) is 0.318. The minimum Gasteiger partial charge on any atom is -0.633 e. The normalized spacial score (nSPS) is 15.4. The van der Waals surface area contributed by atoms with Gasteiger partial charge in [-0.3, -0.25) is 0 Å². The number of esters is 1. The Kier molecular flexibility index (Phi) is 4.95. The second-order valence-corrected chi connectivity index (χ2v) is 3.71.